The SMILES string of the molecule is CCCCCCCCCCCCCCCc1cc(C(=O)O)ccc1OC. The normalized spacial score (nSPS) is 10.8. The molecule has 0 heterocycles. The lowest BCUT2D eigenvalue weighted by Gasteiger charge is -2.09. The van der Waals surface area contributed by atoms with Gasteiger partial charge in [-0.1, -0.05) is 84.0 Å². The van der Waals surface area contributed by atoms with E-state index in [1.807, 2.05) is 0 Å². The second-order valence-corrected chi connectivity index (χ2v) is 7.32. The molecule has 1 aromatic rings. The van der Waals surface area contributed by atoms with Gasteiger partial charge in [0.25, 0.3) is 0 Å². The monoisotopic (exact) mass is 362 g/mol. The van der Waals surface area contributed by atoms with Gasteiger partial charge in [0.1, 0.15) is 5.75 Å². The Labute approximate surface area is 160 Å². The lowest BCUT2D eigenvalue weighted by Crippen LogP contribution is -2.00. The van der Waals surface area contributed by atoms with Crippen LogP contribution < -0.4 is 4.74 Å². The standard InChI is InChI=1S/C23H38O3/c1-3-4-5-6-7-8-9-10-11-12-13-14-15-16-20-19-21(23(24)25)17-18-22(20)26-2/h17-19H,3-16H2,1-2H3,(H,24,25). The molecule has 26 heavy (non-hydrogen) atoms. The molecular formula is C23H38O3. The predicted molar refractivity (Wildman–Crippen MR) is 109 cm³/mol. The van der Waals surface area contributed by atoms with Crippen molar-refractivity contribution in [1.29, 1.82) is 0 Å². The molecule has 3 nitrogen and oxygen atoms in total. The Morgan fingerprint density at radius 2 is 1.35 bits per heavy atom. The highest BCUT2D eigenvalue weighted by Gasteiger charge is 2.08. The molecule has 0 aliphatic rings. The first-order valence-corrected chi connectivity index (χ1v) is 10.6. The van der Waals surface area contributed by atoms with Crippen molar-refractivity contribution in [2.24, 2.45) is 0 Å². The fraction of sp³-hybridized carbons (Fsp3) is 0.696. The van der Waals surface area contributed by atoms with Crippen molar-refractivity contribution in [3.05, 3.63) is 29.3 Å². The van der Waals surface area contributed by atoms with Crippen LogP contribution in [0.25, 0.3) is 0 Å². The van der Waals surface area contributed by atoms with Crippen molar-refractivity contribution < 1.29 is 14.6 Å². The third-order valence-electron chi connectivity index (χ3n) is 5.08. The van der Waals surface area contributed by atoms with E-state index in [0.29, 0.717) is 5.56 Å². The average Bonchev–Trinajstić information content (AvgIpc) is 2.65. The second kappa shape index (κ2) is 14.6. The summed E-state index contributed by atoms with van der Waals surface area (Å²) in [6.07, 6.45) is 18.3. The zero-order valence-corrected chi connectivity index (χ0v) is 16.9. The van der Waals surface area contributed by atoms with E-state index in [4.69, 9.17) is 9.84 Å². The summed E-state index contributed by atoms with van der Waals surface area (Å²) in [5.74, 6) is -0.0757. The summed E-state index contributed by atoms with van der Waals surface area (Å²) in [5.41, 5.74) is 1.35. The van der Waals surface area contributed by atoms with Gasteiger partial charge >= 0.3 is 5.97 Å². The van der Waals surface area contributed by atoms with Crippen molar-refractivity contribution >= 4 is 5.97 Å². The molecule has 0 spiro atoms. The van der Waals surface area contributed by atoms with Gasteiger partial charge in [-0.3, -0.25) is 0 Å². The summed E-state index contributed by atoms with van der Waals surface area (Å²) in [7, 11) is 1.64. The van der Waals surface area contributed by atoms with Gasteiger partial charge < -0.3 is 9.84 Å². The van der Waals surface area contributed by atoms with Crippen LogP contribution in [0, 0.1) is 0 Å². The molecule has 3 heteroatoms. The zero-order chi connectivity index (χ0) is 19.0. The highest BCUT2D eigenvalue weighted by molar-refractivity contribution is 5.88. The molecule has 1 aromatic carbocycles. The number of hydrogen-bond acceptors (Lipinski definition) is 2. The van der Waals surface area contributed by atoms with E-state index >= 15 is 0 Å². The molecule has 0 fully saturated rings. The summed E-state index contributed by atoms with van der Waals surface area (Å²) in [5, 5.41) is 9.12. The molecule has 0 saturated carbocycles. The molecule has 1 N–H and O–H groups in total. The van der Waals surface area contributed by atoms with E-state index in [9.17, 15) is 4.79 Å². The number of methoxy groups -OCH3 is 1. The van der Waals surface area contributed by atoms with Crippen LogP contribution in [0.2, 0.25) is 0 Å². The molecule has 0 saturated heterocycles. The van der Waals surface area contributed by atoms with Gasteiger partial charge in [0, 0.05) is 0 Å². The van der Waals surface area contributed by atoms with Crippen LogP contribution in [0.4, 0.5) is 0 Å². The third kappa shape index (κ3) is 9.84. The molecule has 0 aromatic heterocycles. The Bertz CT molecular complexity index is 496. The highest BCUT2D eigenvalue weighted by atomic mass is 16.5. The third-order valence-corrected chi connectivity index (χ3v) is 5.08. The minimum Gasteiger partial charge on any atom is -0.496 e. The molecular weight excluding hydrogens is 324 g/mol. The maximum absolute atomic E-state index is 11.1. The minimum atomic E-state index is -0.876. The van der Waals surface area contributed by atoms with Gasteiger partial charge in [-0.25, -0.2) is 4.79 Å². The van der Waals surface area contributed by atoms with Crippen LogP contribution in [-0.4, -0.2) is 18.2 Å². The Morgan fingerprint density at radius 1 is 0.846 bits per heavy atom. The van der Waals surface area contributed by atoms with Gasteiger partial charge in [0.2, 0.25) is 0 Å². The van der Waals surface area contributed by atoms with Crippen LogP contribution in [0.3, 0.4) is 0 Å². The molecule has 148 valence electrons. The number of hydrogen-bond donors (Lipinski definition) is 1. The van der Waals surface area contributed by atoms with Crippen LogP contribution in [0.5, 0.6) is 5.75 Å². The first-order valence-electron chi connectivity index (χ1n) is 10.6. The minimum absolute atomic E-state index is 0.343. The average molecular weight is 363 g/mol. The number of aromatic carboxylic acids is 1. The van der Waals surface area contributed by atoms with Crippen molar-refractivity contribution in [3.63, 3.8) is 0 Å². The molecule has 0 atom stereocenters. The fourth-order valence-corrected chi connectivity index (χ4v) is 3.44. The molecule has 0 radical (unpaired) electrons. The van der Waals surface area contributed by atoms with Crippen molar-refractivity contribution in [2.75, 3.05) is 7.11 Å². The van der Waals surface area contributed by atoms with Crippen molar-refractivity contribution in [3.8, 4) is 5.75 Å². The number of unbranched alkanes of at least 4 members (excludes halogenated alkanes) is 12. The zero-order valence-electron chi connectivity index (χ0n) is 16.9. The Hall–Kier alpha value is -1.51. The largest absolute Gasteiger partial charge is 0.496 e. The van der Waals surface area contributed by atoms with E-state index in [-0.39, 0.29) is 0 Å². The lowest BCUT2D eigenvalue weighted by atomic mass is 10.0. The number of rotatable bonds is 16. The van der Waals surface area contributed by atoms with Crippen molar-refractivity contribution in [2.45, 2.75) is 96.8 Å². The van der Waals surface area contributed by atoms with Gasteiger partial charge in [0.15, 0.2) is 0 Å². The first kappa shape index (κ1) is 22.5. The van der Waals surface area contributed by atoms with Crippen LogP contribution in [0.15, 0.2) is 18.2 Å². The number of benzene rings is 1. The summed E-state index contributed by atoms with van der Waals surface area (Å²) >= 11 is 0. The summed E-state index contributed by atoms with van der Waals surface area (Å²) in [4.78, 5) is 11.1. The van der Waals surface area contributed by atoms with Gasteiger partial charge in [0.05, 0.1) is 12.7 Å². The maximum atomic E-state index is 11.1. The second-order valence-electron chi connectivity index (χ2n) is 7.32. The van der Waals surface area contributed by atoms with Crippen LogP contribution >= 0.6 is 0 Å². The number of carboxylic acid groups (broad SMARTS) is 1. The van der Waals surface area contributed by atoms with Crippen molar-refractivity contribution in [1.82, 2.24) is 0 Å². The smallest absolute Gasteiger partial charge is 0.335 e. The highest BCUT2D eigenvalue weighted by Crippen LogP contribution is 2.22. The topological polar surface area (TPSA) is 46.5 Å². The summed E-state index contributed by atoms with van der Waals surface area (Å²) < 4.78 is 5.35. The quantitative estimate of drug-likeness (QED) is 0.321. The van der Waals surface area contributed by atoms with E-state index in [2.05, 4.69) is 6.92 Å². The van der Waals surface area contributed by atoms with Gasteiger partial charge in [-0.15, -0.1) is 0 Å². The number of ether oxygens (including phenoxy) is 1. The van der Waals surface area contributed by atoms with E-state index in [1.165, 1.54) is 77.0 Å². The Morgan fingerprint density at radius 3 is 1.81 bits per heavy atom. The molecule has 0 amide bonds. The van der Waals surface area contributed by atoms with E-state index < -0.39 is 5.97 Å². The Balaban J connectivity index is 2.05. The number of carboxylic acids is 1. The molecule has 0 aliphatic heterocycles. The lowest BCUT2D eigenvalue weighted by molar-refractivity contribution is 0.0696. The van der Waals surface area contributed by atoms with Gasteiger partial charge in [-0.05, 0) is 36.6 Å². The summed E-state index contributed by atoms with van der Waals surface area (Å²) in [6.45, 7) is 2.27. The van der Waals surface area contributed by atoms with E-state index in [1.54, 1.807) is 25.3 Å². The van der Waals surface area contributed by atoms with E-state index in [0.717, 1.165) is 24.2 Å². The molecule has 0 unspecified atom stereocenters. The molecule has 0 bridgehead atoms. The van der Waals surface area contributed by atoms with Crippen LogP contribution in [0.1, 0.15) is 106 Å². The fourth-order valence-electron chi connectivity index (χ4n) is 3.44. The molecule has 1 rings (SSSR count). The number of carbonyl (C=O) groups is 1. The Kier molecular flexibility index (Phi) is 12.7. The number of aryl methyl sites for hydroxylation is 1. The summed E-state index contributed by atoms with van der Waals surface area (Å²) in [6, 6.07) is 5.12. The maximum Gasteiger partial charge on any atom is 0.335 e. The predicted octanol–water partition coefficient (Wildman–Crippen LogP) is 7.03. The molecule has 0 aliphatic carbocycles. The van der Waals surface area contributed by atoms with Gasteiger partial charge in [-0.2, -0.15) is 0 Å². The van der Waals surface area contributed by atoms with Crippen LogP contribution in [-0.2, 0) is 6.42 Å². The first-order chi connectivity index (χ1) is 12.7.